The fraction of sp³-hybridized carbons (Fsp3) is 0.400. The normalized spacial score (nSPS) is 22.2. The zero-order valence-electron chi connectivity index (χ0n) is 10.6. The number of nitrogens with one attached hydrogen (secondary N) is 1. The van der Waals surface area contributed by atoms with Crippen LogP contribution in [0.2, 0.25) is 0 Å². The Morgan fingerprint density at radius 1 is 1.39 bits per heavy atom. The number of nitrogens with zero attached hydrogens (tertiary/aromatic N) is 1. The Hall–Kier alpha value is -1.77. The molecule has 94 valence electrons. The number of hydrogen-bond donors (Lipinski definition) is 1. The minimum Gasteiger partial charge on any atom is -0.373 e. The summed E-state index contributed by atoms with van der Waals surface area (Å²) in [6.07, 6.45) is 4.02. The average molecular weight is 242 g/mol. The summed E-state index contributed by atoms with van der Waals surface area (Å²) in [6.45, 7) is 3.73. The van der Waals surface area contributed by atoms with Crippen molar-refractivity contribution in [1.82, 2.24) is 4.90 Å². The molecule has 1 unspecified atom stereocenters. The van der Waals surface area contributed by atoms with Crippen molar-refractivity contribution in [2.45, 2.75) is 25.8 Å². The van der Waals surface area contributed by atoms with Gasteiger partial charge in [0.2, 0.25) is 5.91 Å². The van der Waals surface area contributed by atoms with Gasteiger partial charge in [0, 0.05) is 25.2 Å². The van der Waals surface area contributed by atoms with Gasteiger partial charge in [0.1, 0.15) is 6.04 Å². The smallest absolute Gasteiger partial charge is 0.245 e. The number of hydrogen-bond acceptors (Lipinski definition) is 2. The van der Waals surface area contributed by atoms with Crippen LogP contribution < -0.4 is 5.32 Å². The molecule has 1 atom stereocenters. The van der Waals surface area contributed by atoms with E-state index in [4.69, 9.17) is 0 Å². The van der Waals surface area contributed by atoms with Gasteiger partial charge in [0.15, 0.2) is 0 Å². The van der Waals surface area contributed by atoms with Crippen LogP contribution in [0.15, 0.2) is 35.9 Å². The number of para-hydroxylation sites is 1. The monoisotopic (exact) mass is 242 g/mol. The predicted octanol–water partition coefficient (Wildman–Crippen LogP) is 2.20. The van der Waals surface area contributed by atoms with E-state index >= 15 is 0 Å². The molecule has 0 aromatic heterocycles. The molecule has 0 fully saturated rings. The Labute approximate surface area is 107 Å². The molecule has 1 N–H and O–H groups in total. The number of amides is 1. The molecule has 0 saturated carbocycles. The Balaban J connectivity index is 1.71. The van der Waals surface area contributed by atoms with Gasteiger partial charge < -0.3 is 10.2 Å². The number of benzene rings is 1. The van der Waals surface area contributed by atoms with Gasteiger partial charge in [-0.3, -0.25) is 4.79 Å². The maximum atomic E-state index is 12.5. The second kappa shape index (κ2) is 4.48. The second-order valence-electron chi connectivity index (χ2n) is 5.16. The fourth-order valence-electron chi connectivity index (χ4n) is 2.77. The number of carbonyl (C=O) groups is 1. The lowest BCUT2D eigenvalue weighted by atomic mass is 10.1. The van der Waals surface area contributed by atoms with Crippen LogP contribution in [0.5, 0.6) is 0 Å². The van der Waals surface area contributed by atoms with Crippen molar-refractivity contribution in [2.75, 3.05) is 18.4 Å². The Morgan fingerprint density at radius 2 is 2.22 bits per heavy atom. The number of rotatable bonds is 1. The third-order valence-corrected chi connectivity index (χ3v) is 3.71. The molecule has 0 radical (unpaired) electrons. The van der Waals surface area contributed by atoms with E-state index in [1.165, 1.54) is 11.1 Å². The molecular weight excluding hydrogens is 224 g/mol. The van der Waals surface area contributed by atoms with Gasteiger partial charge in [-0.1, -0.05) is 29.8 Å². The molecule has 3 rings (SSSR count). The molecule has 1 amide bonds. The van der Waals surface area contributed by atoms with Crippen LogP contribution >= 0.6 is 0 Å². The van der Waals surface area contributed by atoms with Crippen molar-refractivity contribution in [3.8, 4) is 0 Å². The van der Waals surface area contributed by atoms with E-state index in [0.29, 0.717) is 0 Å². The zero-order valence-corrected chi connectivity index (χ0v) is 10.6. The summed E-state index contributed by atoms with van der Waals surface area (Å²) >= 11 is 0. The van der Waals surface area contributed by atoms with Gasteiger partial charge >= 0.3 is 0 Å². The van der Waals surface area contributed by atoms with E-state index in [0.717, 1.165) is 31.6 Å². The molecule has 2 aliphatic heterocycles. The Kier molecular flexibility index (Phi) is 2.82. The van der Waals surface area contributed by atoms with E-state index in [2.05, 4.69) is 24.4 Å². The van der Waals surface area contributed by atoms with Crippen LogP contribution in [0, 0.1) is 0 Å². The molecule has 18 heavy (non-hydrogen) atoms. The van der Waals surface area contributed by atoms with Gasteiger partial charge in [-0.05, 0) is 25.0 Å². The first-order valence-electron chi connectivity index (χ1n) is 6.53. The molecular formula is C15H18N2O. The summed E-state index contributed by atoms with van der Waals surface area (Å²) < 4.78 is 0. The van der Waals surface area contributed by atoms with E-state index < -0.39 is 0 Å². The summed E-state index contributed by atoms with van der Waals surface area (Å²) in [7, 11) is 0. The minimum absolute atomic E-state index is 0.0756. The van der Waals surface area contributed by atoms with E-state index in [-0.39, 0.29) is 11.9 Å². The Bertz CT molecular complexity index is 482. The third kappa shape index (κ3) is 2.01. The Morgan fingerprint density at radius 3 is 3.00 bits per heavy atom. The first-order chi connectivity index (χ1) is 8.74. The number of anilines is 1. The van der Waals surface area contributed by atoms with Crippen molar-refractivity contribution in [1.29, 1.82) is 0 Å². The van der Waals surface area contributed by atoms with Crippen molar-refractivity contribution in [2.24, 2.45) is 0 Å². The standard InChI is InChI=1S/C15H18N2O/c1-11-5-4-8-17(10-11)15(18)14-9-12-6-2-3-7-13(12)16-14/h2-3,5-7,14,16H,4,8-10H2,1H3. The maximum Gasteiger partial charge on any atom is 0.245 e. The fourth-order valence-corrected chi connectivity index (χ4v) is 2.77. The second-order valence-corrected chi connectivity index (χ2v) is 5.16. The highest BCUT2D eigenvalue weighted by Gasteiger charge is 2.30. The summed E-state index contributed by atoms with van der Waals surface area (Å²) in [5.41, 5.74) is 3.66. The van der Waals surface area contributed by atoms with Gasteiger partial charge in [0.25, 0.3) is 0 Å². The van der Waals surface area contributed by atoms with Crippen molar-refractivity contribution in [3.63, 3.8) is 0 Å². The van der Waals surface area contributed by atoms with E-state index in [1.54, 1.807) is 0 Å². The zero-order chi connectivity index (χ0) is 12.5. The molecule has 0 saturated heterocycles. The van der Waals surface area contributed by atoms with Crippen LogP contribution in [-0.4, -0.2) is 29.9 Å². The van der Waals surface area contributed by atoms with Crippen LogP contribution in [0.3, 0.4) is 0 Å². The SMILES string of the molecule is CC1=CCCN(C(=O)C2Cc3ccccc3N2)C1. The largest absolute Gasteiger partial charge is 0.373 e. The molecule has 3 heteroatoms. The molecule has 2 aliphatic rings. The molecule has 1 aromatic carbocycles. The van der Waals surface area contributed by atoms with E-state index in [9.17, 15) is 4.79 Å². The predicted molar refractivity (Wildman–Crippen MR) is 72.5 cm³/mol. The molecule has 0 bridgehead atoms. The van der Waals surface area contributed by atoms with Crippen molar-refractivity contribution >= 4 is 11.6 Å². The molecule has 1 aromatic rings. The van der Waals surface area contributed by atoms with Crippen LogP contribution in [0.25, 0.3) is 0 Å². The molecule has 0 spiro atoms. The van der Waals surface area contributed by atoms with Gasteiger partial charge in [-0.2, -0.15) is 0 Å². The van der Waals surface area contributed by atoms with Crippen LogP contribution in [-0.2, 0) is 11.2 Å². The van der Waals surface area contributed by atoms with E-state index in [1.807, 2.05) is 23.1 Å². The summed E-state index contributed by atoms with van der Waals surface area (Å²) in [6, 6.07) is 8.10. The summed E-state index contributed by atoms with van der Waals surface area (Å²) in [4.78, 5) is 14.4. The topological polar surface area (TPSA) is 32.3 Å². The molecule has 2 heterocycles. The van der Waals surface area contributed by atoms with Crippen LogP contribution in [0.1, 0.15) is 18.9 Å². The minimum atomic E-state index is -0.0756. The first kappa shape index (κ1) is 11.3. The van der Waals surface area contributed by atoms with Gasteiger partial charge in [-0.15, -0.1) is 0 Å². The van der Waals surface area contributed by atoms with Gasteiger partial charge in [0.05, 0.1) is 0 Å². The quantitative estimate of drug-likeness (QED) is 0.766. The molecule has 3 nitrogen and oxygen atoms in total. The van der Waals surface area contributed by atoms with Gasteiger partial charge in [-0.25, -0.2) is 0 Å². The van der Waals surface area contributed by atoms with Crippen molar-refractivity contribution < 1.29 is 4.79 Å². The third-order valence-electron chi connectivity index (χ3n) is 3.71. The lowest BCUT2D eigenvalue weighted by Gasteiger charge is -2.28. The lowest BCUT2D eigenvalue weighted by Crippen LogP contribution is -2.44. The summed E-state index contributed by atoms with van der Waals surface area (Å²) in [5, 5.41) is 3.34. The highest BCUT2D eigenvalue weighted by molar-refractivity contribution is 5.87. The van der Waals surface area contributed by atoms with Crippen molar-refractivity contribution in [3.05, 3.63) is 41.5 Å². The highest BCUT2D eigenvalue weighted by atomic mass is 16.2. The summed E-state index contributed by atoms with van der Waals surface area (Å²) in [5.74, 6) is 0.235. The molecule has 0 aliphatic carbocycles. The van der Waals surface area contributed by atoms with Crippen LogP contribution in [0.4, 0.5) is 5.69 Å². The maximum absolute atomic E-state index is 12.5. The first-order valence-corrected chi connectivity index (χ1v) is 6.53. The number of fused-ring (bicyclic) bond motifs is 1. The number of carbonyl (C=O) groups excluding carboxylic acids is 1. The highest BCUT2D eigenvalue weighted by Crippen LogP contribution is 2.26. The average Bonchev–Trinajstić information content (AvgIpc) is 2.81. The lowest BCUT2D eigenvalue weighted by molar-refractivity contribution is -0.131.